The Labute approximate surface area is 115 Å². The van der Waals surface area contributed by atoms with Crippen LogP contribution in [0.25, 0.3) is 0 Å². The summed E-state index contributed by atoms with van der Waals surface area (Å²) < 4.78 is 2.14. The molecule has 1 aromatic rings. The van der Waals surface area contributed by atoms with Crippen LogP contribution in [0.15, 0.2) is 12.4 Å². The number of nitrogens with one attached hydrogen (secondary N) is 1. The summed E-state index contributed by atoms with van der Waals surface area (Å²) in [5, 5.41) is 3.08. The van der Waals surface area contributed by atoms with E-state index >= 15 is 0 Å². The molecule has 2 heterocycles. The fraction of sp³-hybridized carbons (Fsp3) is 0.714. The van der Waals surface area contributed by atoms with Gasteiger partial charge in [-0.2, -0.15) is 0 Å². The van der Waals surface area contributed by atoms with Gasteiger partial charge in [0, 0.05) is 44.0 Å². The minimum atomic E-state index is 0.0504. The smallest absolute Gasteiger partial charge is 0.226 e. The van der Waals surface area contributed by atoms with Gasteiger partial charge in [0.15, 0.2) is 0 Å². The van der Waals surface area contributed by atoms with Gasteiger partial charge in [0.05, 0.1) is 0 Å². The molecule has 1 amide bonds. The Kier molecular flexibility index (Phi) is 4.58. The number of aryl methyl sites for hydroxylation is 1. The van der Waals surface area contributed by atoms with Crippen molar-refractivity contribution >= 4 is 5.91 Å². The molecule has 0 bridgehead atoms. The van der Waals surface area contributed by atoms with Gasteiger partial charge in [0.25, 0.3) is 0 Å². The molecule has 1 N–H and O–H groups in total. The number of carbonyl (C=O) groups excluding carboxylic acids is 1. The third-order valence-electron chi connectivity index (χ3n) is 3.92. The third-order valence-corrected chi connectivity index (χ3v) is 3.92. The summed E-state index contributed by atoms with van der Waals surface area (Å²) in [6, 6.07) is 0.319. The van der Waals surface area contributed by atoms with E-state index in [2.05, 4.69) is 19.8 Å². The molecule has 0 spiro atoms. The van der Waals surface area contributed by atoms with Gasteiger partial charge in [-0.15, -0.1) is 0 Å². The van der Waals surface area contributed by atoms with Gasteiger partial charge >= 0.3 is 0 Å². The molecule has 0 radical (unpaired) electrons. The summed E-state index contributed by atoms with van der Waals surface area (Å²) in [5.41, 5.74) is 0. The molecule has 5 heteroatoms. The van der Waals surface area contributed by atoms with Crippen LogP contribution >= 0.6 is 0 Å². The molecule has 106 valence electrons. The van der Waals surface area contributed by atoms with E-state index in [4.69, 9.17) is 0 Å². The van der Waals surface area contributed by atoms with Crippen LogP contribution in [0.4, 0.5) is 0 Å². The molecule has 2 unspecified atom stereocenters. The fourth-order valence-electron chi connectivity index (χ4n) is 2.82. The number of hydrogen-bond acceptors (Lipinski definition) is 3. The first-order chi connectivity index (χ1) is 9.13. The second-order valence-electron chi connectivity index (χ2n) is 5.41. The number of nitrogens with zero attached hydrogens (tertiary/aromatic N) is 3. The van der Waals surface area contributed by atoms with E-state index in [1.165, 1.54) is 0 Å². The molecule has 1 aliphatic rings. The van der Waals surface area contributed by atoms with Crippen molar-refractivity contribution < 1.29 is 4.79 Å². The maximum atomic E-state index is 12.4. The monoisotopic (exact) mass is 264 g/mol. The maximum absolute atomic E-state index is 12.4. The number of hydrogen-bond donors (Lipinski definition) is 1. The predicted molar refractivity (Wildman–Crippen MR) is 74.8 cm³/mol. The van der Waals surface area contributed by atoms with Crippen LogP contribution in [0, 0.1) is 12.8 Å². The summed E-state index contributed by atoms with van der Waals surface area (Å²) in [4.78, 5) is 18.7. The van der Waals surface area contributed by atoms with Crippen molar-refractivity contribution in [3.05, 3.63) is 18.2 Å². The van der Waals surface area contributed by atoms with Crippen LogP contribution < -0.4 is 5.32 Å². The average molecular weight is 264 g/mol. The first-order valence-corrected chi connectivity index (χ1v) is 7.06. The van der Waals surface area contributed by atoms with Crippen molar-refractivity contribution in [2.24, 2.45) is 5.92 Å². The average Bonchev–Trinajstić information content (AvgIpc) is 2.99. The Bertz CT molecular complexity index is 429. The van der Waals surface area contributed by atoms with Gasteiger partial charge in [0.2, 0.25) is 5.91 Å². The van der Waals surface area contributed by atoms with E-state index in [0.29, 0.717) is 6.04 Å². The largest absolute Gasteiger partial charge is 0.338 e. The zero-order chi connectivity index (χ0) is 13.8. The maximum Gasteiger partial charge on any atom is 0.226 e. The Hall–Kier alpha value is -1.36. The number of amides is 1. The molecular weight excluding hydrogens is 240 g/mol. The van der Waals surface area contributed by atoms with Crippen LogP contribution in [0.2, 0.25) is 0 Å². The highest BCUT2D eigenvalue weighted by Crippen LogP contribution is 2.21. The number of rotatable bonds is 5. The van der Waals surface area contributed by atoms with Gasteiger partial charge in [-0.25, -0.2) is 4.98 Å². The molecule has 0 aromatic carbocycles. The minimum absolute atomic E-state index is 0.0504. The van der Waals surface area contributed by atoms with Crippen LogP contribution in [0.3, 0.4) is 0 Å². The quantitative estimate of drug-likeness (QED) is 0.864. The second-order valence-corrected chi connectivity index (χ2v) is 5.41. The topological polar surface area (TPSA) is 50.2 Å². The molecule has 0 aliphatic carbocycles. The Morgan fingerprint density at radius 3 is 3.05 bits per heavy atom. The van der Waals surface area contributed by atoms with E-state index in [-0.39, 0.29) is 11.8 Å². The third kappa shape index (κ3) is 3.15. The molecule has 1 aromatic heterocycles. The highest BCUT2D eigenvalue weighted by Gasteiger charge is 2.31. The molecule has 1 aliphatic heterocycles. The lowest BCUT2D eigenvalue weighted by atomic mass is 10.1. The van der Waals surface area contributed by atoms with Gasteiger partial charge in [-0.05, 0) is 26.8 Å². The van der Waals surface area contributed by atoms with Crippen molar-refractivity contribution in [1.82, 2.24) is 19.8 Å². The summed E-state index contributed by atoms with van der Waals surface area (Å²) in [5.74, 6) is 1.34. The lowest BCUT2D eigenvalue weighted by Crippen LogP contribution is -2.43. The van der Waals surface area contributed by atoms with Crippen molar-refractivity contribution in [2.45, 2.75) is 39.3 Å². The zero-order valence-electron chi connectivity index (χ0n) is 12.1. The summed E-state index contributed by atoms with van der Waals surface area (Å²) in [6.45, 7) is 6.50. The van der Waals surface area contributed by atoms with Crippen molar-refractivity contribution in [3.8, 4) is 0 Å². The highest BCUT2D eigenvalue weighted by molar-refractivity contribution is 5.79. The molecule has 5 nitrogen and oxygen atoms in total. The first-order valence-electron chi connectivity index (χ1n) is 7.06. The van der Waals surface area contributed by atoms with Crippen LogP contribution in [-0.4, -0.2) is 46.5 Å². The highest BCUT2D eigenvalue weighted by atomic mass is 16.2. The SMILES string of the molecule is CNCC(C)C(=O)N1CCCC1Cn1ccnc1C. The number of likely N-dealkylation sites (tertiary alicyclic amines) is 1. The molecule has 19 heavy (non-hydrogen) atoms. The zero-order valence-corrected chi connectivity index (χ0v) is 12.1. The van der Waals surface area contributed by atoms with E-state index in [1.807, 2.05) is 33.3 Å². The van der Waals surface area contributed by atoms with Crippen LogP contribution in [0.5, 0.6) is 0 Å². The van der Waals surface area contributed by atoms with Crippen molar-refractivity contribution in [2.75, 3.05) is 20.1 Å². The van der Waals surface area contributed by atoms with Crippen LogP contribution in [0.1, 0.15) is 25.6 Å². The lowest BCUT2D eigenvalue weighted by Gasteiger charge is -2.28. The fourth-order valence-corrected chi connectivity index (χ4v) is 2.82. The molecule has 2 atom stereocenters. The standard InChI is InChI=1S/C14H24N4O/c1-11(9-15-3)14(19)18-7-4-5-13(18)10-17-8-6-16-12(17)2/h6,8,11,13,15H,4-5,7,9-10H2,1-3H3. The van der Waals surface area contributed by atoms with Gasteiger partial charge < -0.3 is 14.8 Å². The van der Waals surface area contributed by atoms with E-state index < -0.39 is 0 Å². The van der Waals surface area contributed by atoms with E-state index in [0.717, 1.165) is 38.3 Å². The van der Waals surface area contributed by atoms with Gasteiger partial charge in [-0.1, -0.05) is 6.92 Å². The van der Waals surface area contributed by atoms with Crippen molar-refractivity contribution in [1.29, 1.82) is 0 Å². The number of aromatic nitrogens is 2. The van der Waals surface area contributed by atoms with Crippen LogP contribution in [-0.2, 0) is 11.3 Å². The van der Waals surface area contributed by atoms with Crippen molar-refractivity contribution in [3.63, 3.8) is 0 Å². The summed E-state index contributed by atoms with van der Waals surface area (Å²) >= 11 is 0. The predicted octanol–water partition coefficient (Wildman–Crippen LogP) is 1.04. The Balaban J connectivity index is 2.01. The molecule has 0 saturated carbocycles. The van der Waals surface area contributed by atoms with Gasteiger partial charge in [-0.3, -0.25) is 4.79 Å². The molecule has 2 rings (SSSR count). The number of imidazole rings is 1. The summed E-state index contributed by atoms with van der Waals surface area (Å²) in [7, 11) is 1.89. The lowest BCUT2D eigenvalue weighted by molar-refractivity contribution is -0.135. The second kappa shape index (κ2) is 6.19. The Morgan fingerprint density at radius 2 is 2.42 bits per heavy atom. The first kappa shape index (κ1) is 14.1. The van der Waals surface area contributed by atoms with Gasteiger partial charge in [0.1, 0.15) is 5.82 Å². The molecular formula is C14H24N4O. The van der Waals surface area contributed by atoms with E-state index in [1.54, 1.807) is 0 Å². The number of carbonyl (C=O) groups is 1. The summed E-state index contributed by atoms with van der Waals surface area (Å²) in [6.07, 6.45) is 6.01. The molecule has 1 fully saturated rings. The van der Waals surface area contributed by atoms with E-state index in [9.17, 15) is 4.79 Å². The minimum Gasteiger partial charge on any atom is -0.338 e. The molecule has 1 saturated heterocycles. The Morgan fingerprint density at radius 1 is 1.63 bits per heavy atom. The normalized spacial score (nSPS) is 20.8.